The molecule has 0 saturated heterocycles. The molecule has 0 bridgehead atoms. The molecule has 0 atom stereocenters. The van der Waals surface area contributed by atoms with E-state index in [0.29, 0.717) is 0 Å². The van der Waals surface area contributed by atoms with Gasteiger partial charge in [-0.1, -0.05) is 146 Å². The molecule has 12 rings (SSSR count). The maximum atomic E-state index is 5.59. The third-order valence-corrected chi connectivity index (χ3v) is 11.9. The van der Waals surface area contributed by atoms with Crippen molar-refractivity contribution in [3.05, 3.63) is 218 Å². The molecule has 60 heavy (non-hydrogen) atoms. The summed E-state index contributed by atoms with van der Waals surface area (Å²) < 4.78 is 4.66. The molecule has 282 valence electrons. The number of nitrogens with zero attached hydrogens (tertiary/aromatic N) is 4. The van der Waals surface area contributed by atoms with Gasteiger partial charge >= 0.3 is 0 Å². The number of aromatic nitrogens is 5. The van der Waals surface area contributed by atoms with Crippen molar-refractivity contribution in [3.63, 3.8) is 0 Å². The zero-order valence-electron chi connectivity index (χ0n) is 32.6. The second-order valence-corrected chi connectivity index (χ2v) is 15.5. The topological polar surface area (TPSA) is 51.4 Å². The maximum absolute atomic E-state index is 5.59. The van der Waals surface area contributed by atoms with Crippen LogP contribution in [0.3, 0.4) is 0 Å². The zero-order chi connectivity index (χ0) is 39.6. The fourth-order valence-electron chi connectivity index (χ4n) is 9.29. The van der Waals surface area contributed by atoms with Crippen molar-refractivity contribution in [2.24, 2.45) is 0 Å². The number of rotatable bonds is 7. The number of aromatic amines is 1. The van der Waals surface area contributed by atoms with Crippen LogP contribution < -0.4 is 0 Å². The average Bonchev–Trinajstić information content (AvgIpc) is 4.00. The Morgan fingerprint density at radius 1 is 0.450 bits per heavy atom. The number of benzene rings is 8. The fraction of sp³-hybridized carbons (Fsp3) is 0.0182. The van der Waals surface area contributed by atoms with Crippen LogP contribution in [-0.4, -0.2) is 24.1 Å². The molecular weight excluding hydrogens is 731 g/mol. The van der Waals surface area contributed by atoms with Crippen LogP contribution in [0.2, 0.25) is 0 Å². The van der Waals surface area contributed by atoms with Gasteiger partial charge in [0.25, 0.3) is 0 Å². The number of hydrogen-bond donors (Lipinski definition) is 1. The smallest absolute Gasteiger partial charge is 0.147 e. The van der Waals surface area contributed by atoms with Gasteiger partial charge in [-0.2, -0.15) is 0 Å². The van der Waals surface area contributed by atoms with Crippen molar-refractivity contribution in [2.75, 3.05) is 0 Å². The molecular formula is C55H37N5. The van der Waals surface area contributed by atoms with Crippen LogP contribution in [0, 0.1) is 0 Å². The number of pyridine rings is 1. The van der Waals surface area contributed by atoms with Gasteiger partial charge in [-0.25, -0.2) is 9.97 Å². The Balaban J connectivity index is 1.12. The first-order valence-electron chi connectivity index (χ1n) is 20.5. The largest absolute Gasteiger partial charge is 0.354 e. The van der Waals surface area contributed by atoms with Crippen molar-refractivity contribution in [1.82, 2.24) is 24.1 Å². The predicted octanol–water partition coefficient (Wildman–Crippen LogP) is 13.7. The summed E-state index contributed by atoms with van der Waals surface area (Å²) in [6, 6.07) is 71.5. The highest BCUT2D eigenvalue weighted by molar-refractivity contribution is 6.17. The number of fused-ring (bicyclic) bond motifs is 7. The van der Waals surface area contributed by atoms with Gasteiger partial charge < -0.3 is 4.98 Å². The monoisotopic (exact) mass is 767 g/mol. The first-order valence-corrected chi connectivity index (χ1v) is 20.5. The summed E-state index contributed by atoms with van der Waals surface area (Å²) in [7, 11) is 0. The van der Waals surface area contributed by atoms with Crippen LogP contribution >= 0.6 is 0 Å². The SMILES string of the molecule is c1ccc(Cc2cc(-c3ccccc3)c3c4ccc(-c5cccc6c5nc(-c5cccc7c5[nH]c5ccccc57)n6-c5ccccc5)cc4n(-c4ccccn4)c3c2)cc1. The predicted molar refractivity (Wildman–Crippen MR) is 248 cm³/mol. The van der Waals surface area contributed by atoms with Gasteiger partial charge in [0.15, 0.2) is 0 Å². The molecule has 0 spiro atoms. The summed E-state index contributed by atoms with van der Waals surface area (Å²) in [4.78, 5) is 14.3. The summed E-state index contributed by atoms with van der Waals surface area (Å²) in [6.45, 7) is 0. The first-order chi connectivity index (χ1) is 29.8. The normalized spacial score (nSPS) is 11.7. The van der Waals surface area contributed by atoms with E-state index in [4.69, 9.17) is 9.97 Å². The summed E-state index contributed by atoms with van der Waals surface area (Å²) in [5.74, 6) is 1.77. The van der Waals surface area contributed by atoms with E-state index in [1.165, 1.54) is 43.8 Å². The minimum Gasteiger partial charge on any atom is -0.354 e. The van der Waals surface area contributed by atoms with Crippen LogP contribution in [0.25, 0.3) is 99.8 Å². The van der Waals surface area contributed by atoms with E-state index in [-0.39, 0.29) is 0 Å². The highest BCUT2D eigenvalue weighted by Crippen LogP contribution is 2.43. The van der Waals surface area contributed by atoms with Gasteiger partial charge in [0, 0.05) is 50.1 Å². The third kappa shape index (κ3) is 5.48. The van der Waals surface area contributed by atoms with Crippen molar-refractivity contribution < 1.29 is 0 Å². The molecule has 0 aliphatic rings. The first kappa shape index (κ1) is 34.1. The van der Waals surface area contributed by atoms with E-state index in [9.17, 15) is 0 Å². The molecule has 5 heteroatoms. The van der Waals surface area contributed by atoms with Gasteiger partial charge in [0.1, 0.15) is 11.6 Å². The Bertz CT molecular complexity index is 3540. The second-order valence-electron chi connectivity index (χ2n) is 15.5. The molecule has 0 radical (unpaired) electrons. The van der Waals surface area contributed by atoms with E-state index in [1.807, 2.05) is 12.3 Å². The van der Waals surface area contributed by atoms with E-state index in [1.54, 1.807) is 0 Å². The van der Waals surface area contributed by atoms with Gasteiger partial charge in [-0.15, -0.1) is 0 Å². The molecule has 0 unspecified atom stereocenters. The van der Waals surface area contributed by atoms with Gasteiger partial charge in [-0.3, -0.25) is 9.13 Å². The van der Waals surface area contributed by atoms with Crippen LogP contribution in [0.4, 0.5) is 0 Å². The number of hydrogen-bond acceptors (Lipinski definition) is 2. The van der Waals surface area contributed by atoms with Gasteiger partial charge in [0.2, 0.25) is 0 Å². The summed E-state index contributed by atoms with van der Waals surface area (Å²) in [5.41, 5.74) is 15.6. The molecule has 0 amide bonds. The highest BCUT2D eigenvalue weighted by atomic mass is 15.1. The van der Waals surface area contributed by atoms with Crippen LogP contribution in [0.5, 0.6) is 0 Å². The second kappa shape index (κ2) is 13.8. The van der Waals surface area contributed by atoms with Crippen LogP contribution in [0.1, 0.15) is 11.1 Å². The standard InChI is InChI=1S/C55H37N5/c1-4-16-36(17-5-1)32-37-33-46(38-18-6-2-7-19-38)52-44-30-29-39(35-49(44)60(50(52)34-37)51-28-12-13-31-56-51)41-23-15-27-48-54(41)58-55(59(48)40-20-8-3-9-21-40)45-25-14-24-43-42-22-10-11-26-47(42)57-53(43)45/h1-31,33-35,57H,32H2. The molecule has 4 heterocycles. The van der Waals surface area contributed by atoms with E-state index in [2.05, 4.69) is 208 Å². The Kier molecular flexibility index (Phi) is 7.85. The minimum absolute atomic E-state index is 0.826. The molecule has 1 N–H and O–H groups in total. The molecule has 0 aliphatic carbocycles. The zero-order valence-corrected chi connectivity index (χ0v) is 32.6. The Morgan fingerprint density at radius 2 is 1.18 bits per heavy atom. The lowest BCUT2D eigenvalue weighted by molar-refractivity contribution is 1.08. The molecule has 0 aliphatic heterocycles. The number of imidazole rings is 1. The summed E-state index contributed by atoms with van der Waals surface area (Å²) in [6.07, 6.45) is 2.71. The van der Waals surface area contributed by atoms with E-state index >= 15 is 0 Å². The van der Waals surface area contributed by atoms with Crippen molar-refractivity contribution >= 4 is 54.6 Å². The fourth-order valence-corrected chi connectivity index (χ4v) is 9.29. The van der Waals surface area contributed by atoms with Crippen molar-refractivity contribution in [2.45, 2.75) is 6.42 Å². The van der Waals surface area contributed by atoms with Gasteiger partial charge in [-0.05, 0) is 88.8 Å². The lowest BCUT2D eigenvalue weighted by atomic mass is 9.94. The molecule has 5 nitrogen and oxygen atoms in total. The Hall–Kier alpha value is -8.02. The molecule has 0 fully saturated rings. The third-order valence-electron chi connectivity index (χ3n) is 11.9. The summed E-state index contributed by atoms with van der Waals surface area (Å²) in [5, 5.41) is 4.78. The quantitative estimate of drug-likeness (QED) is 0.176. The van der Waals surface area contributed by atoms with Crippen molar-refractivity contribution in [1.29, 1.82) is 0 Å². The van der Waals surface area contributed by atoms with Crippen LogP contribution in [-0.2, 0) is 6.42 Å². The minimum atomic E-state index is 0.826. The number of para-hydroxylation sites is 4. The van der Waals surface area contributed by atoms with E-state index < -0.39 is 0 Å². The lowest BCUT2D eigenvalue weighted by Crippen LogP contribution is -1.98. The van der Waals surface area contributed by atoms with Crippen molar-refractivity contribution in [3.8, 4) is 45.1 Å². The number of H-pyrrole nitrogens is 1. The molecule has 12 aromatic rings. The Labute approximate surface area is 346 Å². The highest BCUT2D eigenvalue weighted by Gasteiger charge is 2.23. The molecule has 0 saturated carbocycles. The van der Waals surface area contributed by atoms with E-state index in [0.717, 1.165) is 73.5 Å². The number of nitrogens with one attached hydrogen (secondary N) is 1. The lowest BCUT2D eigenvalue weighted by Gasteiger charge is -2.12. The average molecular weight is 768 g/mol. The Morgan fingerprint density at radius 3 is 2.02 bits per heavy atom. The summed E-state index contributed by atoms with van der Waals surface area (Å²) >= 11 is 0. The van der Waals surface area contributed by atoms with Crippen LogP contribution in [0.15, 0.2) is 206 Å². The molecule has 8 aromatic carbocycles. The van der Waals surface area contributed by atoms with Gasteiger partial charge in [0.05, 0.1) is 27.6 Å². The maximum Gasteiger partial charge on any atom is 0.147 e. The molecule has 4 aromatic heterocycles.